The molecule has 0 amide bonds. The van der Waals surface area contributed by atoms with Crippen molar-refractivity contribution >= 4 is 10.9 Å². The molecule has 0 saturated heterocycles. The van der Waals surface area contributed by atoms with Crippen molar-refractivity contribution in [3.63, 3.8) is 0 Å². The number of nitrogens with zero attached hydrogens (tertiary/aromatic N) is 4. The molecule has 0 aliphatic carbocycles. The van der Waals surface area contributed by atoms with Gasteiger partial charge in [0.05, 0.1) is 0 Å². The van der Waals surface area contributed by atoms with Crippen LogP contribution in [0, 0.1) is 0 Å². The molecule has 5 nitrogen and oxygen atoms in total. The van der Waals surface area contributed by atoms with Crippen molar-refractivity contribution in [3.05, 3.63) is 65.9 Å². The molecular weight excluding hydrogens is 293 g/mol. The second-order valence-corrected chi connectivity index (χ2v) is 5.40. The van der Waals surface area contributed by atoms with Gasteiger partial charge in [0.1, 0.15) is 6.67 Å². The lowest BCUT2D eigenvalue weighted by molar-refractivity contribution is 0.485. The highest BCUT2D eigenvalue weighted by Gasteiger charge is 2.07. The lowest BCUT2D eigenvalue weighted by Crippen LogP contribution is -1.98. The molecule has 1 N–H and O–H groups in total. The van der Waals surface area contributed by atoms with Gasteiger partial charge in [-0.25, -0.2) is 4.39 Å². The van der Waals surface area contributed by atoms with Crippen molar-refractivity contribution in [3.8, 4) is 11.4 Å². The number of hydrogen-bond donors (Lipinski definition) is 1. The first-order valence-corrected chi connectivity index (χ1v) is 7.30. The van der Waals surface area contributed by atoms with E-state index in [1.54, 1.807) is 0 Å². The molecule has 2 aromatic heterocycles. The minimum Gasteiger partial charge on any atom is -0.343 e. The summed E-state index contributed by atoms with van der Waals surface area (Å²) in [5.41, 5.74) is 3.90. The summed E-state index contributed by atoms with van der Waals surface area (Å²) in [5.74, 6) is 0.585. The quantitative estimate of drug-likeness (QED) is 0.629. The summed E-state index contributed by atoms with van der Waals surface area (Å²) in [7, 11) is 0. The van der Waals surface area contributed by atoms with Crippen LogP contribution in [0.2, 0.25) is 0 Å². The van der Waals surface area contributed by atoms with Gasteiger partial charge in [-0.2, -0.15) is 5.21 Å². The van der Waals surface area contributed by atoms with E-state index >= 15 is 0 Å². The molecule has 0 radical (unpaired) electrons. The maximum Gasteiger partial charge on any atom is 0.204 e. The van der Waals surface area contributed by atoms with Crippen LogP contribution in [0.15, 0.2) is 54.7 Å². The number of fused-ring (bicyclic) bond motifs is 1. The van der Waals surface area contributed by atoms with Gasteiger partial charge in [-0.3, -0.25) is 0 Å². The summed E-state index contributed by atoms with van der Waals surface area (Å²) in [6.45, 7) is 0.323. The van der Waals surface area contributed by atoms with E-state index in [-0.39, 0.29) is 0 Å². The van der Waals surface area contributed by atoms with E-state index in [1.165, 1.54) is 0 Å². The number of aromatic nitrogens is 5. The number of nitrogens with one attached hydrogen (secondary N) is 1. The van der Waals surface area contributed by atoms with Gasteiger partial charge in [-0.15, -0.1) is 10.2 Å². The molecule has 0 fully saturated rings. The highest BCUT2D eigenvalue weighted by Crippen LogP contribution is 2.23. The third kappa shape index (κ3) is 2.59. The first-order valence-electron chi connectivity index (χ1n) is 7.30. The molecule has 4 aromatic rings. The lowest BCUT2D eigenvalue weighted by atomic mass is 10.1. The molecule has 0 saturated carbocycles. The number of halogens is 1. The Hall–Kier alpha value is -3.02. The minimum atomic E-state index is -0.425. The fraction of sp³-hybridized carbons (Fsp3) is 0.118. The highest BCUT2D eigenvalue weighted by atomic mass is 19.1. The Kier molecular flexibility index (Phi) is 3.34. The second kappa shape index (κ2) is 5.64. The van der Waals surface area contributed by atoms with Gasteiger partial charge < -0.3 is 4.57 Å². The number of alkyl halides is 1. The molecule has 2 heterocycles. The Bertz CT molecular complexity index is 925. The predicted molar refractivity (Wildman–Crippen MR) is 85.5 cm³/mol. The summed E-state index contributed by atoms with van der Waals surface area (Å²) < 4.78 is 14.7. The topological polar surface area (TPSA) is 59.4 Å². The Morgan fingerprint density at radius 2 is 1.83 bits per heavy atom. The summed E-state index contributed by atoms with van der Waals surface area (Å²) >= 11 is 0. The zero-order valence-electron chi connectivity index (χ0n) is 12.3. The molecule has 0 atom stereocenters. The van der Waals surface area contributed by atoms with E-state index in [1.807, 2.05) is 42.6 Å². The van der Waals surface area contributed by atoms with Crippen LogP contribution < -0.4 is 0 Å². The largest absolute Gasteiger partial charge is 0.343 e. The predicted octanol–water partition coefficient (Wildman–Crippen LogP) is 3.34. The Balaban J connectivity index is 1.65. The van der Waals surface area contributed by atoms with Crippen molar-refractivity contribution in [1.82, 2.24) is 25.2 Å². The van der Waals surface area contributed by atoms with Gasteiger partial charge in [-0.05, 0) is 40.6 Å². The van der Waals surface area contributed by atoms with E-state index in [9.17, 15) is 4.39 Å². The third-order valence-corrected chi connectivity index (χ3v) is 3.90. The number of H-pyrrole nitrogens is 1. The first kappa shape index (κ1) is 13.6. The van der Waals surface area contributed by atoms with Gasteiger partial charge in [-0.1, -0.05) is 24.3 Å². The van der Waals surface area contributed by atoms with Crippen molar-refractivity contribution in [1.29, 1.82) is 0 Å². The number of aromatic amines is 1. The van der Waals surface area contributed by atoms with Crippen molar-refractivity contribution in [2.45, 2.75) is 13.2 Å². The molecule has 4 rings (SSSR count). The molecular formula is C17H14FN5. The Morgan fingerprint density at radius 1 is 1.00 bits per heavy atom. The smallest absolute Gasteiger partial charge is 0.204 e. The number of rotatable bonds is 4. The van der Waals surface area contributed by atoms with E-state index in [0.717, 1.165) is 28.6 Å². The molecule has 0 bridgehead atoms. The summed E-state index contributed by atoms with van der Waals surface area (Å²) in [5, 5.41) is 15.2. The lowest BCUT2D eigenvalue weighted by Gasteiger charge is -2.07. The third-order valence-electron chi connectivity index (χ3n) is 3.90. The maximum atomic E-state index is 12.6. The number of tetrazole rings is 1. The zero-order valence-corrected chi connectivity index (χ0v) is 12.3. The van der Waals surface area contributed by atoms with Crippen molar-refractivity contribution in [2.24, 2.45) is 0 Å². The Morgan fingerprint density at radius 3 is 2.57 bits per heavy atom. The van der Waals surface area contributed by atoms with E-state index in [2.05, 4.69) is 37.3 Å². The van der Waals surface area contributed by atoms with E-state index in [4.69, 9.17) is 0 Å². The zero-order chi connectivity index (χ0) is 15.6. The molecule has 0 unspecified atom stereocenters. The molecule has 23 heavy (non-hydrogen) atoms. The Labute approximate surface area is 131 Å². The average molecular weight is 307 g/mol. The maximum absolute atomic E-state index is 12.6. The summed E-state index contributed by atoms with van der Waals surface area (Å²) in [6, 6.07) is 15.7. The van der Waals surface area contributed by atoms with Crippen molar-refractivity contribution < 1.29 is 4.39 Å². The SMILES string of the molecule is FCc1ccc(Cn2ccc3cc(-c4nn[nH]n4)ccc32)cc1. The van der Waals surface area contributed by atoms with Gasteiger partial charge in [0.15, 0.2) is 0 Å². The fourth-order valence-corrected chi connectivity index (χ4v) is 2.69. The van der Waals surface area contributed by atoms with Crippen LogP contribution in [0.25, 0.3) is 22.3 Å². The van der Waals surface area contributed by atoms with Crippen LogP contribution >= 0.6 is 0 Å². The average Bonchev–Trinajstić information content (AvgIpc) is 3.25. The van der Waals surface area contributed by atoms with E-state index < -0.39 is 6.67 Å². The standard InChI is InChI=1S/C17H14FN5/c18-10-12-1-3-13(4-2-12)11-23-8-7-14-9-15(5-6-16(14)23)17-19-21-22-20-17/h1-9H,10-11H2,(H,19,20,21,22). The van der Waals surface area contributed by atoms with Gasteiger partial charge in [0.25, 0.3) is 0 Å². The molecule has 0 aliphatic heterocycles. The monoisotopic (exact) mass is 307 g/mol. The summed E-state index contributed by atoms with van der Waals surface area (Å²) in [4.78, 5) is 0. The number of hydrogen-bond acceptors (Lipinski definition) is 3. The van der Waals surface area contributed by atoms with Crippen LogP contribution in [-0.2, 0) is 13.2 Å². The molecule has 6 heteroatoms. The van der Waals surface area contributed by atoms with Crippen LogP contribution in [0.3, 0.4) is 0 Å². The minimum absolute atomic E-state index is 0.425. The van der Waals surface area contributed by atoms with Crippen LogP contribution in [0.1, 0.15) is 11.1 Å². The highest BCUT2D eigenvalue weighted by molar-refractivity contribution is 5.84. The molecule has 0 spiro atoms. The molecule has 114 valence electrons. The van der Waals surface area contributed by atoms with Crippen LogP contribution in [0.5, 0.6) is 0 Å². The molecule has 2 aromatic carbocycles. The van der Waals surface area contributed by atoms with Crippen molar-refractivity contribution in [2.75, 3.05) is 0 Å². The van der Waals surface area contributed by atoms with Crippen LogP contribution in [0.4, 0.5) is 4.39 Å². The fourth-order valence-electron chi connectivity index (χ4n) is 2.69. The van der Waals surface area contributed by atoms with Gasteiger partial charge in [0.2, 0.25) is 5.82 Å². The first-order chi connectivity index (χ1) is 11.3. The summed E-state index contributed by atoms with van der Waals surface area (Å²) in [6.07, 6.45) is 2.05. The van der Waals surface area contributed by atoms with Gasteiger partial charge in [0, 0.05) is 29.2 Å². The van der Waals surface area contributed by atoms with Gasteiger partial charge >= 0.3 is 0 Å². The molecule has 0 aliphatic rings. The van der Waals surface area contributed by atoms with E-state index in [0.29, 0.717) is 11.4 Å². The van der Waals surface area contributed by atoms with Crippen LogP contribution in [-0.4, -0.2) is 25.2 Å². The second-order valence-electron chi connectivity index (χ2n) is 5.40. The number of benzene rings is 2. The normalized spacial score (nSPS) is 11.2.